The Morgan fingerprint density at radius 1 is 1.65 bits per heavy atom. The topological polar surface area (TPSA) is 71.3 Å². The first kappa shape index (κ1) is 12.0. The second kappa shape index (κ2) is 5.27. The number of amides is 1. The van der Waals surface area contributed by atoms with Crippen LogP contribution >= 0.6 is 0 Å². The third-order valence-electron chi connectivity index (χ3n) is 2.80. The molecule has 1 atom stereocenters. The molecule has 1 aliphatic rings. The Kier molecular flexibility index (Phi) is 3.73. The van der Waals surface area contributed by atoms with Gasteiger partial charge in [-0.2, -0.15) is 4.98 Å². The van der Waals surface area contributed by atoms with Crippen LogP contribution in [0.1, 0.15) is 32.5 Å². The van der Waals surface area contributed by atoms with Gasteiger partial charge >= 0.3 is 0 Å². The quantitative estimate of drug-likeness (QED) is 0.829. The molecule has 1 amide bonds. The van der Waals surface area contributed by atoms with E-state index in [1.54, 1.807) is 4.90 Å². The van der Waals surface area contributed by atoms with Crippen molar-refractivity contribution in [3.8, 4) is 0 Å². The predicted octanol–water partition coefficient (Wildman–Crippen LogP) is 0.559. The van der Waals surface area contributed by atoms with Crippen LogP contribution in [0.5, 0.6) is 0 Å². The maximum atomic E-state index is 12.2. The van der Waals surface area contributed by atoms with Gasteiger partial charge in [0.15, 0.2) is 5.82 Å². The lowest BCUT2D eigenvalue weighted by molar-refractivity contribution is -0.136. The van der Waals surface area contributed by atoms with Crippen molar-refractivity contribution < 1.29 is 9.32 Å². The molecule has 1 unspecified atom stereocenters. The van der Waals surface area contributed by atoms with Crippen molar-refractivity contribution in [3.63, 3.8) is 0 Å². The Morgan fingerprint density at radius 2 is 2.47 bits per heavy atom. The summed E-state index contributed by atoms with van der Waals surface area (Å²) < 4.78 is 4.67. The van der Waals surface area contributed by atoms with E-state index in [0.29, 0.717) is 18.4 Å². The fourth-order valence-electron chi connectivity index (χ4n) is 2.09. The maximum absolute atomic E-state index is 12.2. The molecule has 1 N–H and O–H groups in total. The Morgan fingerprint density at radius 3 is 3.12 bits per heavy atom. The smallest absolute Gasteiger partial charge is 0.240 e. The molecule has 1 fully saturated rings. The Bertz CT molecular complexity index is 364. The zero-order valence-electron chi connectivity index (χ0n) is 10.2. The first-order valence-electron chi connectivity index (χ1n) is 5.97. The molecule has 0 aromatic carbocycles. The van der Waals surface area contributed by atoms with Crippen LogP contribution in [0.15, 0.2) is 10.9 Å². The second-order valence-electron chi connectivity index (χ2n) is 4.62. The molecule has 1 aromatic heterocycles. The number of piperidine rings is 1. The highest BCUT2D eigenvalue weighted by atomic mass is 16.5. The lowest BCUT2D eigenvalue weighted by atomic mass is 10.0. The van der Waals surface area contributed by atoms with Gasteiger partial charge in [-0.05, 0) is 12.8 Å². The summed E-state index contributed by atoms with van der Waals surface area (Å²) in [7, 11) is 0. The normalized spacial score (nSPS) is 21.2. The third kappa shape index (κ3) is 3.03. The molecule has 1 aliphatic heterocycles. The van der Waals surface area contributed by atoms with Gasteiger partial charge in [-0.15, -0.1) is 0 Å². The minimum absolute atomic E-state index is 0.0735. The number of carbonyl (C=O) groups excluding carboxylic acids is 1. The van der Waals surface area contributed by atoms with Crippen molar-refractivity contribution in [1.82, 2.24) is 20.4 Å². The van der Waals surface area contributed by atoms with E-state index < -0.39 is 0 Å². The predicted molar refractivity (Wildman–Crippen MR) is 61.0 cm³/mol. The van der Waals surface area contributed by atoms with Gasteiger partial charge in [-0.3, -0.25) is 4.79 Å². The molecule has 2 rings (SSSR count). The molecule has 17 heavy (non-hydrogen) atoms. The van der Waals surface area contributed by atoms with Gasteiger partial charge in [0.2, 0.25) is 12.3 Å². The Labute approximate surface area is 100 Å². The van der Waals surface area contributed by atoms with Crippen LogP contribution in [-0.4, -0.2) is 39.6 Å². The minimum atomic E-state index is -0.0735. The van der Waals surface area contributed by atoms with Crippen molar-refractivity contribution in [2.75, 3.05) is 6.54 Å². The first-order chi connectivity index (χ1) is 8.16. The van der Waals surface area contributed by atoms with Gasteiger partial charge in [0.1, 0.15) is 0 Å². The highest BCUT2D eigenvalue weighted by molar-refractivity contribution is 5.82. The number of nitrogens with zero attached hydrogens (tertiary/aromatic N) is 3. The SMILES string of the molecule is CC(C)NC1CCCN(Cc2ncon2)C1=O. The molecule has 0 aliphatic carbocycles. The summed E-state index contributed by atoms with van der Waals surface area (Å²) in [4.78, 5) is 17.9. The van der Waals surface area contributed by atoms with Crippen LogP contribution < -0.4 is 5.32 Å². The number of hydrogen-bond acceptors (Lipinski definition) is 5. The van der Waals surface area contributed by atoms with Crippen LogP contribution in [0.2, 0.25) is 0 Å². The number of nitrogens with one attached hydrogen (secondary N) is 1. The molecule has 0 saturated carbocycles. The molecular formula is C11H18N4O2. The fraction of sp³-hybridized carbons (Fsp3) is 0.727. The zero-order chi connectivity index (χ0) is 12.3. The van der Waals surface area contributed by atoms with Gasteiger partial charge in [0.05, 0.1) is 12.6 Å². The molecule has 0 bridgehead atoms. The van der Waals surface area contributed by atoms with E-state index in [4.69, 9.17) is 0 Å². The largest absolute Gasteiger partial charge is 0.343 e. The minimum Gasteiger partial charge on any atom is -0.343 e. The van der Waals surface area contributed by atoms with Gasteiger partial charge in [0, 0.05) is 12.6 Å². The van der Waals surface area contributed by atoms with Crippen LogP contribution in [0.3, 0.4) is 0 Å². The first-order valence-corrected chi connectivity index (χ1v) is 5.97. The molecule has 1 saturated heterocycles. The standard InChI is InChI=1S/C11H18N4O2/c1-8(2)13-9-4-3-5-15(11(9)16)6-10-12-7-17-14-10/h7-9,13H,3-6H2,1-2H3. The summed E-state index contributed by atoms with van der Waals surface area (Å²) in [6.07, 6.45) is 3.20. The number of aromatic nitrogens is 2. The summed E-state index contributed by atoms with van der Waals surface area (Å²) in [5, 5.41) is 7.02. The Hall–Kier alpha value is -1.43. The summed E-state index contributed by atoms with van der Waals surface area (Å²) >= 11 is 0. The Balaban J connectivity index is 1.96. The average molecular weight is 238 g/mol. The van der Waals surface area contributed by atoms with Crippen LogP contribution in [-0.2, 0) is 11.3 Å². The lowest BCUT2D eigenvalue weighted by Crippen LogP contribution is -2.52. The van der Waals surface area contributed by atoms with Gasteiger partial charge in [-0.25, -0.2) is 0 Å². The fourth-order valence-corrected chi connectivity index (χ4v) is 2.09. The molecule has 2 heterocycles. The van der Waals surface area contributed by atoms with Crippen LogP contribution in [0.4, 0.5) is 0 Å². The number of rotatable bonds is 4. The highest BCUT2D eigenvalue weighted by Gasteiger charge is 2.29. The summed E-state index contributed by atoms with van der Waals surface area (Å²) in [6.45, 7) is 5.30. The molecule has 94 valence electrons. The highest BCUT2D eigenvalue weighted by Crippen LogP contribution is 2.14. The lowest BCUT2D eigenvalue weighted by Gasteiger charge is -2.32. The van der Waals surface area contributed by atoms with Crippen molar-refractivity contribution in [1.29, 1.82) is 0 Å². The third-order valence-corrected chi connectivity index (χ3v) is 2.80. The molecule has 6 nitrogen and oxygen atoms in total. The summed E-state index contributed by atoms with van der Waals surface area (Å²) in [5.74, 6) is 0.693. The number of likely N-dealkylation sites (tertiary alicyclic amines) is 1. The van der Waals surface area contributed by atoms with Crippen molar-refractivity contribution in [3.05, 3.63) is 12.2 Å². The maximum Gasteiger partial charge on any atom is 0.240 e. The van der Waals surface area contributed by atoms with E-state index in [2.05, 4.69) is 20.0 Å². The van der Waals surface area contributed by atoms with Crippen LogP contribution in [0, 0.1) is 0 Å². The number of hydrogen-bond donors (Lipinski definition) is 1. The van der Waals surface area contributed by atoms with E-state index in [9.17, 15) is 4.79 Å². The van der Waals surface area contributed by atoms with E-state index in [1.165, 1.54) is 6.39 Å². The van der Waals surface area contributed by atoms with Crippen molar-refractivity contribution in [2.24, 2.45) is 0 Å². The van der Waals surface area contributed by atoms with Crippen molar-refractivity contribution in [2.45, 2.75) is 45.3 Å². The van der Waals surface area contributed by atoms with Crippen molar-refractivity contribution >= 4 is 5.91 Å². The molecule has 0 spiro atoms. The molecular weight excluding hydrogens is 220 g/mol. The van der Waals surface area contributed by atoms with E-state index >= 15 is 0 Å². The molecule has 0 radical (unpaired) electrons. The summed E-state index contributed by atoms with van der Waals surface area (Å²) in [5.41, 5.74) is 0. The van der Waals surface area contributed by atoms with E-state index in [0.717, 1.165) is 19.4 Å². The average Bonchev–Trinajstić information content (AvgIpc) is 2.76. The van der Waals surface area contributed by atoms with Gasteiger partial charge < -0.3 is 14.7 Å². The van der Waals surface area contributed by atoms with E-state index in [1.807, 2.05) is 13.8 Å². The van der Waals surface area contributed by atoms with E-state index in [-0.39, 0.29) is 11.9 Å². The number of carbonyl (C=O) groups is 1. The molecule has 1 aromatic rings. The zero-order valence-corrected chi connectivity index (χ0v) is 10.2. The summed E-state index contributed by atoms with van der Waals surface area (Å²) in [6, 6.07) is 0.240. The monoisotopic (exact) mass is 238 g/mol. The van der Waals surface area contributed by atoms with Gasteiger partial charge in [0.25, 0.3) is 0 Å². The van der Waals surface area contributed by atoms with Crippen LogP contribution in [0.25, 0.3) is 0 Å². The second-order valence-corrected chi connectivity index (χ2v) is 4.62. The van der Waals surface area contributed by atoms with Gasteiger partial charge in [-0.1, -0.05) is 19.0 Å². The molecule has 6 heteroatoms.